The van der Waals surface area contributed by atoms with Gasteiger partial charge in [0.15, 0.2) is 0 Å². The van der Waals surface area contributed by atoms with Crippen LogP contribution in [0.2, 0.25) is 0 Å². The first kappa shape index (κ1) is 12.0. The normalized spacial score (nSPS) is 10.8. The van der Waals surface area contributed by atoms with E-state index in [0.717, 1.165) is 12.8 Å². The molecule has 0 spiro atoms. The van der Waals surface area contributed by atoms with E-state index in [1.54, 1.807) is 0 Å². The Labute approximate surface area is 114 Å². The molecule has 0 aliphatic rings. The maximum atomic E-state index is 2.35. The van der Waals surface area contributed by atoms with Crippen LogP contribution in [0.4, 0.5) is 0 Å². The van der Waals surface area contributed by atoms with E-state index < -0.39 is 0 Å². The molecule has 3 aromatic rings. The SMILES string of the molecule is CCc1cc2ccccc2cc1Cc1ccccc1. The van der Waals surface area contributed by atoms with Gasteiger partial charge in [-0.05, 0) is 40.3 Å². The number of hydrogen-bond donors (Lipinski definition) is 0. The molecule has 94 valence electrons. The molecule has 0 fully saturated rings. The van der Waals surface area contributed by atoms with Crippen molar-refractivity contribution in [3.05, 3.63) is 83.4 Å². The molecule has 0 nitrogen and oxygen atoms in total. The molecule has 0 radical (unpaired) electrons. The van der Waals surface area contributed by atoms with Crippen molar-refractivity contribution in [1.82, 2.24) is 0 Å². The summed E-state index contributed by atoms with van der Waals surface area (Å²) in [6.07, 6.45) is 2.11. The van der Waals surface area contributed by atoms with Crippen molar-refractivity contribution in [2.45, 2.75) is 19.8 Å². The van der Waals surface area contributed by atoms with Crippen molar-refractivity contribution in [3.8, 4) is 0 Å². The molecule has 0 aliphatic carbocycles. The lowest BCUT2D eigenvalue weighted by Gasteiger charge is -2.10. The van der Waals surface area contributed by atoms with Crippen molar-refractivity contribution in [1.29, 1.82) is 0 Å². The Morgan fingerprint density at radius 1 is 0.684 bits per heavy atom. The zero-order chi connectivity index (χ0) is 13.1. The lowest BCUT2D eigenvalue weighted by Crippen LogP contribution is -1.95. The summed E-state index contributed by atoms with van der Waals surface area (Å²) < 4.78 is 0. The molecule has 0 atom stereocenters. The van der Waals surface area contributed by atoms with Gasteiger partial charge < -0.3 is 0 Å². The first-order valence-corrected chi connectivity index (χ1v) is 6.91. The summed E-state index contributed by atoms with van der Waals surface area (Å²) in [7, 11) is 0. The van der Waals surface area contributed by atoms with Crippen LogP contribution in [0.1, 0.15) is 23.6 Å². The van der Waals surface area contributed by atoms with Gasteiger partial charge in [0.25, 0.3) is 0 Å². The monoisotopic (exact) mass is 246 g/mol. The fourth-order valence-electron chi connectivity index (χ4n) is 2.64. The molecule has 3 aromatic carbocycles. The topological polar surface area (TPSA) is 0 Å². The maximum Gasteiger partial charge on any atom is -0.00228 e. The van der Waals surface area contributed by atoms with Gasteiger partial charge >= 0.3 is 0 Å². The predicted molar refractivity (Wildman–Crippen MR) is 82.6 cm³/mol. The number of aryl methyl sites for hydroxylation is 1. The molecule has 0 aliphatic heterocycles. The predicted octanol–water partition coefficient (Wildman–Crippen LogP) is 4.99. The summed E-state index contributed by atoms with van der Waals surface area (Å²) in [5.74, 6) is 0. The van der Waals surface area contributed by atoms with Crippen LogP contribution in [0.3, 0.4) is 0 Å². The second-order valence-electron chi connectivity index (χ2n) is 4.98. The maximum absolute atomic E-state index is 2.35. The molecule has 3 rings (SSSR count). The number of hydrogen-bond acceptors (Lipinski definition) is 0. The van der Waals surface area contributed by atoms with Gasteiger partial charge in [0.2, 0.25) is 0 Å². The molecule has 0 unspecified atom stereocenters. The van der Waals surface area contributed by atoms with Crippen molar-refractivity contribution >= 4 is 10.8 Å². The first-order valence-electron chi connectivity index (χ1n) is 6.91. The Hall–Kier alpha value is -2.08. The summed E-state index contributed by atoms with van der Waals surface area (Å²) in [6.45, 7) is 2.23. The van der Waals surface area contributed by atoms with E-state index in [1.807, 2.05) is 0 Å². The van der Waals surface area contributed by atoms with Crippen molar-refractivity contribution < 1.29 is 0 Å². The molecule has 0 saturated heterocycles. The molecular formula is C19H18. The van der Waals surface area contributed by atoms with Gasteiger partial charge in [-0.2, -0.15) is 0 Å². The minimum atomic E-state index is 1.02. The van der Waals surface area contributed by atoms with Gasteiger partial charge in [-0.25, -0.2) is 0 Å². The van der Waals surface area contributed by atoms with Gasteiger partial charge in [0.1, 0.15) is 0 Å². The minimum absolute atomic E-state index is 1.02. The minimum Gasteiger partial charge on any atom is -0.0622 e. The summed E-state index contributed by atoms with van der Waals surface area (Å²) >= 11 is 0. The molecule has 0 aromatic heterocycles. The highest BCUT2D eigenvalue weighted by molar-refractivity contribution is 5.84. The molecule has 0 amide bonds. The zero-order valence-corrected chi connectivity index (χ0v) is 11.3. The summed E-state index contributed by atoms with van der Waals surface area (Å²) in [5.41, 5.74) is 4.29. The Balaban J connectivity index is 2.06. The number of rotatable bonds is 3. The lowest BCUT2D eigenvalue weighted by molar-refractivity contribution is 1.07. The van der Waals surface area contributed by atoms with Crippen molar-refractivity contribution in [2.24, 2.45) is 0 Å². The smallest absolute Gasteiger partial charge is 0.00228 e. The van der Waals surface area contributed by atoms with Crippen LogP contribution in [-0.2, 0) is 12.8 Å². The van der Waals surface area contributed by atoms with E-state index in [9.17, 15) is 0 Å². The first-order chi connectivity index (χ1) is 9.36. The number of fused-ring (bicyclic) bond motifs is 1. The Morgan fingerprint density at radius 2 is 1.26 bits per heavy atom. The lowest BCUT2D eigenvalue weighted by atomic mass is 9.95. The third-order valence-corrected chi connectivity index (χ3v) is 3.69. The van der Waals surface area contributed by atoms with E-state index >= 15 is 0 Å². The summed E-state index contributed by atoms with van der Waals surface area (Å²) in [4.78, 5) is 0. The van der Waals surface area contributed by atoms with Crippen LogP contribution in [0.5, 0.6) is 0 Å². The van der Waals surface area contributed by atoms with Gasteiger partial charge in [0, 0.05) is 0 Å². The molecule has 0 N–H and O–H groups in total. The molecule has 0 heterocycles. The molecule has 0 bridgehead atoms. The molecule has 0 heteroatoms. The molecule has 0 saturated carbocycles. The summed E-state index contributed by atoms with van der Waals surface area (Å²) in [5, 5.41) is 2.68. The molecular weight excluding hydrogens is 228 g/mol. The Bertz CT molecular complexity index is 681. The van der Waals surface area contributed by atoms with Crippen LogP contribution < -0.4 is 0 Å². The van der Waals surface area contributed by atoms with Crippen LogP contribution in [0, 0.1) is 0 Å². The fourth-order valence-corrected chi connectivity index (χ4v) is 2.64. The third-order valence-electron chi connectivity index (χ3n) is 3.69. The van der Waals surface area contributed by atoms with E-state index in [0.29, 0.717) is 0 Å². The number of benzene rings is 3. The van der Waals surface area contributed by atoms with E-state index in [2.05, 4.69) is 73.7 Å². The quantitative estimate of drug-likeness (QED) is 0.610. The van der Waals surface area contributed by atoms with Gasteiger partial charge in [-0.3, -0.25) is 0 Å². The highest BCUT2D eigenvalue weighted by atomic mass is 14.1. The fraction of sp³-hybridized carbons (Fsp3) is 0.158. The second kappa shape index (κ2) is 5.27. The van der Waals surface area contributed by atoms with E-state index in [4.69, 9.17) is 0 Å². The Morgan fingerprint density at radius 3 is 1.89 bits per heavy atom. The van der Waals surface area contributed by atoms with Crippen molar-refractivity contribution in [2.75, 3.05) is 0 Å². The van der Waals surface area contributed by atoms with Gasteiger partial charge in [-0.15, -0.1) is 0 Å². The van der Waals surface area contributed by atoms with Crippen LogP contribution >= 0.6 is 0 Å². The average molecular weight is 246 g/mol. The molecule has 19 heavy (non-hydrogen) atoms. The average Bonchev–Trinajstić information content (AvgIpc) is 2.47. The van der Waals surface area contributed by atoms with Crippen LogP contribution in [0.15, 0.2) is 66.7 Å². The standard InChI is InChI=1S/C19H18/c1-2-16-13-17-10-6-7-11-18(17)14-19(16)12-15-8-4-3-5-9-15/h3-11,13-14H,2,12H2,1H3. The van der Waals surface area contributed by atoms with Crippen LogP contribution in [-0.4, -0.2) is 0 Å². The van der Waals surface area contributed by atoms with Crippen LogP contribution in [0.25, 0.3) is 10.8 Å². The third kappa shape index (κ3) is 2.53. The van der Waals surface area contributed by atoms with E-state index in [1.165, 1.54) is 27.5 Å². The van der Waals surface area contributed by atoms with Crippen molar-refractivity contribution in [3.63, 3.8) is 0 Å². The largest absolute Gasteiger partial charge is 0.0622 e. The Kier molecular flexibility index (Phi) is 3.33. The zero-order valence-electron chi connectivity index (χ0n) is 11.3. The highest BCUT2D eigenvalue weighted by Gasteiger charge is 2.04. The summed E-state index contributed by atoms with van der Waals surface area (Å²) in [6, 6.07) is 24.0. The highest BCUT2D eigenvalue weighted by Crippen LogP contribution is 2.23. The van der Waals surface area contributed by atoms with E-state index in [-0.39, 0.29) is 0 Å². The second-order valence-corrected chi connectivity index (χ2v) is 4.98. The van der Waals surface area contributed by atoms with Gasteiger partial charge in [-0.1, -0.05) is 73.7 Å². The van der Waals surface area contributed by atoms with Gasteiger partial charge in [0.05, 0.1) is 0 Å².